The zero-order valence-electron chi connectivity index (χ0n) is 12.6. The topological polar surface area (TPSA) is 97.1 Å². The van der Waals surface area contributed by atoms with E-state index in [2.05, 4.69) is 4.98 Å². The lowest BCUT2D eigenvalue weighted by Gasteiger charge is -2.11. The highest BCUT2D eigenvalue weighted by molar-refractivity contribution is 5.70. The van der Waals surface area contributed by atoms with Gasteiger partial charge in [0.1, 0.15) is 5.82 Å². The molecule has 0 aliphatic carbocycles. The molecule has 0 aliphatic rings. The van der Waals surface area contributed by atoms with E-state index < -0.39 is 0 Å². The summed E-state index contributed by atoms with van der Waals surface area (Å²) in [6.45, 7) is 3.26. The summed E-state index contributed by atoms with van der Waals surface area (Å²) in [5.74, 6) is 0.684. The fourth-order valence-electron chi connectivity index (χ4n) is 2.30. The first-order valence-corrected chi connectivity index (χ1v) is 6.88. The summed E-state index contributed by atoms with van der Waals surface area (Å²) in [4.78, 5) is 29.4. The van der Waals surface area contributed by atoms with Gasteiger partial charge in [-0.05, 0) is 19.9 Å². The van der Waals surface area contributed by atoms with Gasteiger partial charge in [0.25, 0.3) is 5.56 Å². The molecular weight excluding hydrogens is 274 g/mol. The third-order valence-corrected chi connectivity index (χ3v) is 3.57. The molecule has 8 heteroatoms. The van der Waals surface area contributed by atoms with E-state index in [1.54, 1.807) is 25.6 Å². The number of nitrogens with zero attached hydrogens (tertiary/aromatic N) is 4. The first-order chi connectivity index (χ1) is 10.0. The second kappa shape index (κ2) is 6.23. The van der Waals surface area contributed by atoms with Gasteiger partial charge in [0, 0.05) is 20.7 Å². The molecule has 21 heavy (non-hydrogen) atoms. The number of nitrogens with two attached hydrogens (primary N) is 1. The van der Waals surface area contributed by atoms with Crippen LogP contribution >= 0.6 is 0 Å². The first kappa shape index (κ1) is 15.5. The van der Waals surface area contributed by atoms with Gasteiger partial charge in [-0.15, -0.1) is 0 Å². The Kier molecular flexibility index (Phi) is 4.59. The van der Waals surface area contributed by atoms with Gasteiger partial charge in [0.15, 0.2) is 11.2 Å². The molecule has 0 aromatic carbocycles. The van der Waals surface area contributed by atoms with Gasteiger partial charge < -0.3 is 15.0 Å². The number of aryl methyl sites for hydroxylation is 2. The van der Waals surface area contributed by atoms with E-state index in [9.17, 15) is 9.59 Å². The van der Waals surface area contributed by atoms with Gasteiger partial charge in [-0.25, -0.2) is 9.78 Å². The van der Waals surface area contributed by atoms with E-state index in [4.69, 9.17) is 10.5 Å². The first-order valence-electron chi connectivity index (χ1n) is 6.88. The van der Waals surface area contributed by atoms with Crippen LogP contribution in [-0.2, 0) is 24.9 Å². The summed E-state index contributed by atoms with van der Waals surface area (Å²) in [5.41, 5.74) is 5.63. The van der Waals surface area contributed by atoms with Crippen molar-refractivity contribution in [1.29, 1.82) is 0 Å². The Morgan fingerprint density at radius 3 is 2.57 bits per heavy atom. The van der Waals surface area contributed by atoms with Crippen LogP contribution in [0.2, 0.25) is 0 Å². The lowest BCUT2D eigenvalue weighted by molar-refractivity contribution is 0.186. The van der Waals surface area contributed by atoms with Crippen molar-refractivity contribution in [2.24, 2.45) is 12.8 Å². The minimum absolute atomic E-state index is 0.307. The van der Waals surface area contributed by atoms with E-state index in [1.807, 2.05) is 0 Å². The molecule has 8 nitrogen and oxygen atoms in total. The molecule has 0 fully saturated rings. The molecule has 2 N–H and O–H groups in total. The van der Waals surface area contributed by atoms with Crippen LogP contribution in [0.25, 0.3) is 11.2 Å². The predicted molar refractivity (Wildman–Crippen MR) is 79.5 cm³/mol. The SMILES string of the molecule is COCCn1c(=O)n(CCCN)c(=O)c2c1nc(C)n2C. The lowest BCUT2D eigenvalue weighted by Crippen LogP contribution is -2.41. The molecule has 116 valence electrons. The molecule has 0 aliphatic heterocycles. The maximum absolute atomic E-state index is 12.5. The highest BCUT2D eigenvalue weighted by Crippen LogP contribution is 2.09. The van der Waals surface area contributed by atoms with Crippen molar-refractivity contribution in [3.63, 3.8) is 0 Å². The number of fused-ring (bicyclic) bond motifs is 1. The fourth-order valence-corrected chi connectivity index (χ4v) is 2.30. The normalized spacial score (nSPS) is 11.4. The minimum atomic E-state index is -0.365. The van der Waals surface area contributed by atoms with Crippen molar-refractivity contribution in [2.75, 3.05) is 20.3 Å². The van der Waals surface area contributed by atoms with Crippen LogP contribution in [0.15, 0.2) is 9.59 Å². The highest BCUT2D eigenvalue weighted by Gasteiger charge is 2.18. The quantitative estimate of drug-likeness (QED) is 0.752. The zero-order chi connectivity index (χ0) is 15.6. The van der Waals surface area contributed by atoms with E-state index >= 15 is 0 Å². The van der Waals surface area contributed by atoms with Gasteiger partial charge in [-0.1, -0.05) is 0 Å². The third kappa shape index (κ3) is 2.64. The van der Waals surface area contributed by atoms with Crippen LogP contribution in [-0.4, -0.2) is 38.9 Å². The van der Waals surface area contributed by atoms with E-state index in [0.29, 0.717) is 49.7 Å². The summed E-state index contributed by atoms with van der Waals surface area (Å²) < 4.78 is 9.46. The molecule has 2 heterocycles. The number of ether oxygens (including phenoxy) is 1. The predicted octanol–water partition coefficient (Wildman–Crippen LogP) is -0.800. The molecular formula is C13H21N5O3. The van der Waals surface area contributed by atoms with Gasteiger partial charge in [-0.2, -0.15) is 0 Å². The Morgan fingerprint density at radius 1 is 1.24 bits per heavy atom. The molecule has 2 rings (SSSR count). The van der Waals surface area contributed by atoms with Gasteiger partial charge >= 0.3 is 5.69 Å². The number of hydrogen-bond acceptors (Lipinski definition) is 5. The molecule has 0 saturated carbocycles. The average molecular weight is 295 g/mol. The maximum Gasteiger partial charge on any atom is 0.332 e. The number of rotatable bonds is 6. The number of hydrogen-bond donors (Lipinski definition) is 1. The van der Waals surface area contributed by atoms with Crippen LogP contribution < -0.4 is 17.0 Å². The number of methoxy groups -OCH3 is 1. The molecule has 2 aromatic heterocycles. The zero-order valence-corrected chi connectivity index (χ0v) is 12.6. The van der Waals surface area contributed by atoms with Gasteiger partial charge in [0.2, 0.25) is 0 Å². The van der Waals surface area contributed by atoms with Gasteiger partial charge in [0.05, 0.1) is 13.2 Å². The molecule has 0 atom stereocenters. The average Bonchev–Trinajstić information content (AvgIpc) is 2.75. The Labute approximate surface area is 121 Å². The number of imidazole rings is 1. The van der Waals surface area contributed by atoms with Crippen molar-refractivity contribution < 1.29 is 4.74 Å². The van der Waals surface area contributed by atoms with Crippen LogP contribution in [0.4, 0.5) is 0 Å². The minimum Gasteiger partial charge on any atom is -0.383 e. The summed E-state index contributed by atoms with van der Waals surface area (Å²) in [5, 5.41) is 0. The molecule has 0 bridgehead atoms. The summed E-state index contributed by atoms with van der Waals surface area (Å²) >= 11 is 0. The Bertz CT molecular complexity index is 756. The number of aromatic nitrogens is 4. The second-order valence-electron chi connectivity index (χ2n) is 4.92. The maximum atomic E-state index is 12.5. The molecule has 0 spiro atoms. The van der Waals surface area contributed by atoms with Crippen LogP contribution in [0, 0.1) is 6.92 Å². The Hall–Kier alpha value is -1.93. The van der Waals surface area contributed by atoms with Crippen molar-refractivity contribution >= 4 is 11.2 Å². The van der Waals surface area contributed by atoms with Crippen LogP contribution in [0.1, 0.15) is 12.2 Å². The molecule has 2 aromatic rings. The lowest BCUT2D eigenvalue weighted by atomic mass is 10.4. The Balaban J connectivity index is 2.76. The van der Waals surface area contributed by atoms with E-state index in [-0.39, 0.29) is 11.2 Å². The Morgan fingerprint density at radius 2 is 1.95 bits per heavy atom. The van der Waals surface area contributed by atoms with Crippen molar-refractivity contribution in [3.8, 4) is 0 Å². The molecule has 0 unspecified atom stereocenters. The summed E-state index contributed by atoms with van der Waals surface area (Å²) in [6.07, 6.45) is 0.571. The summed E-state index contributed by atoms with van der Waals surface area (Å²) in [7, 11) is 3.33. The van der Waals surface area contributed by atoms with Crippen molar-refractivity contribution in [2.45, 2.75) is 26.4 Å². The molecule has 0 amide bonds. The monoisotopic (exact) mass is 295 g/mol. The smallest absolute Gasteiger partial charge is 0.332 e. The largest absolute Gasteiger partial charge is 0.383 e. The molecule has 0 saturated heterocycles. The van der Waals surface area contributed by atoms with Crippen molar-refractivity contribution in [3.05, 3.63) is 26.7 Å². The fraction of sp³-hybridized carbons (Fsp3) is 0.615. The molecule has 0 radical (unpaired) electrons. The highest BCUT2D eigenvalue weighted by atomic mass is 16.5. The van der Waals surface area contributed by atoms with Crippen molar-refractivity contribution in [1.82, 2.24) is 18.7 Å². The standard InChI is InChI=1S/C13H21N5O3/c1-9-15-11-10(16(9)2)12(19)18(6-4-5-14)13(20)17(11)7-8-21-3/h4-8,14H2,1-3H3. The van der Waals surface area contributed by atoms with Gasteiger partial charge in [-0.3, -0.25) is 13.9 Å². The summed E-state index contributed by atoms with van der Waals surface area (Å²) in [6, 6.07) is 0. The van der Waals surface area contributed by atoms with Crippen LogP contribution in [0.3, 0.4) is 0 Å². The van der Waals surface area contributed by atoms with E-state index in [0.717, 1.165) is 0 Å². The van der Waals surface area contributed by atoms with E-state index in [1.165, 1.54) is 9.13 Å². The second-order valence-corrected chi connectivity index (χ2v) is 4.92. The third-order valence-electron chi connectivity index (χ3n) is 3.57. The van der Waals surface area contributed by atoms with Crippen LogP contribution in [0.5, 0.6) is 0 Å².